The first-order chi connectivity index (χ1) is 18.1. The quantitative estimate of drug-likeness (QED) is 0.365. The molecule has 3 aromatic rings. The first kappa shape index (κ1) is 26.7. The van der Waals surface area contributed by atoms with Gasteiger partial charge in [0.1, 0.15) is 0 Å². The van der Waals surface area contributed by atoms with Crippen LogP contribution in [0.3, 0.4) is 0 Å². The van der Waals surface area contributed by atoms with E-state index in [1.54, 1.807) is 12.5 Å². The number of aromatic amines is 1. The minimum Gasteiger partial charge on any atom is -0.359 e. The van der Waals surface area contributed by atoms with E-state index in [2.05, 4.69) is 21.8 Å². The third-order valence-electron chi connectivity index (χ3n) is 8.01. The highest BCUT2D eigenvalue weighted by Gasteiger charge is 2.38. The number of imidazole rings is 1. The Morgan fingerprint density at radius 1 is 1.05 bits per heavy atom. The van der Waals surface area contributed by atoms with Crippen LogP contribution in [0, 0.1) is 5.92 Å². The molecule has 2 heterocycles. The van der Waals surface area contributed by atoms with Gasteiger partial charge in [-0.1, -0.05) is 43.9 Å². The monoisotopic (exact) mass is 546 g/mol. The second-order valence-corrected chi connectivity index (χ2v) is 12.4. The zero-order chi connectivity index (χ0) is 26.9. The van der Waals surface area contributed by atoms with E-state index in [1.165, 1.54) is 30.0 Å². The summed E-state index contributed by atoms with van der Waals surface area (Å²) in [5, 5.41) is 0. The van der Waals surface area contributed by atoms with Gasteiger partial charge < -0.3 is 9.88 Å². The lowest BCUT2D eigenvalue weighted by atomic mass is 9.96. The van der Waals surface area contributed by atoms with Crippen molar-refractivity contribution in [1.29, 1.82) is 0 Å². The van der Waals surface area contributed by atoms with Crippen LogP contribution in [0.25, 0.3) is 0 Å². The van der Waals surface area contributed by atoms with E-state index >= 15 is 0 Å². The van der Waals surface area contributed by atoms with Crippen LogP contribution >= 0.6 is 0 Å². The maximum Gasteiger partial charge on any atom is 0.416 e. The lowest BCUT2D eigenvalue weighted by Gasteiger charge is -2.38. The molecule has 38 heavy (non-hydrogen) atoms. The molecule has 0 amide bonds. The molecule has 1 N–H and O–H groups in total. The van der Waals surface area contributed by atoms with Crippen molar-refractivity contribution < 1.29 is 21.6 Å². The summed E-state index contributed by atoms with van der Waals surface area (Å²) in [6.45, 7) is 2.47. The van der Waals surface area contributed by atoms with Gasteiger partial charge in [-0.25, -0.2) is 13.4 Å². The van der Waals surface area contributed by atoms with Crippen LogP contribution in [-0.4, -0.2) is 35.3 Å². The molecule has 0 spiro atoms. The SMILES string of the molecule is C[C@H](c1cnc[nH]1)N1c2ccccc2CN(S(=O)(=O)c2ccc(C(F)(F)F)cc2)C[C@@H]1CCC1CCCC1. The van der Waals surface area contributed by atoms with Crippen LogP contribution in [0.4, 0.5) is 18.9 Å². The topological polar surface area (TPSA) is 69.3 Å². The van der Waals surface area contributed by atoms with Crippen molar-refractivity contribution in [3.05, 3.63) is 77.9 Å². The maximum absolute atomic E-state index is 13.8. The van der Waals surface area contributed by atoms with Crippen LogP contribution in [0.5, 0.6) is 0 Å². The number of sulfonamides is 1. The average Bonchev–Trinajstić information content (AvgIpc) is 3.59. The highest BCUT2D eigenvalue weighted by atomic mass is 32.2. The van der Waals surface area contributed by atoms with Gasteiger partial charge in [0.25, 0.3) is 0 Å². The lowest BCUT2D eigenvalue weighted by molar-refractivity contribution is -0.137. The molecule has 2 aliphatic rings. The molecule has 0 radical (unpaired) electrons. The number of aromatic nitrogens is 2. The van der Waals surface area contributed by atoms with Crippen LogP contribution in [0.1, 0.15) is 68.3 Å². The molecule has 2 atom stereocenters. The molecule has 1 fully saturated rings. The molecule has 10 heteroatoms. The molecule has 6 nitrogen and oxygen atoms in total. The normalized spacial score (nSPS) is 20.3. The van der Waals surface area contributed by atoms with E-state index in [-0.39, 0.29) is 30.1 Å². The fraction of sp³-hybridized carbons (Fsp3) is 0.464. The standard InChI is InChI=1S/C28H33F3N4O2S/c1-20(26-16-32-19-33-26)35-24(13-10-21-6-2-3-7-21)18-34(17-22-8-4-5-9-27(22)35)38(36,37)25-14-11-23(12-15-25)28(29,30)31/h4-5,8-9,11-12,14-16,19-21,24H,2-3,6-7,10,13,17-18H2,1H3,(H,32,33)/t20-,24+/m1/s1. The Bertz CT molecular complexity index is 1320. The first-order valence-electron chi connectivity index (χ1n) is 13.2. The van der Waals surface area contributed by atoms with Gasteiger partial charge in [0, 0.05) is 24.8 Å². The number of nitrogens with zero attached hydrogens (tertiary/aromatic N) is 3. The summed E-state index contributed by atoms with van der Waals surface area (Å²) >= 11 is 0. The highest BCUT2D eigenvalue weighted by molar-refractivity contribution is 7.89. The summed E-state index contributed by atoms with van der Waals surface area (Å²) in [6, 6.07) is 11.4. The summed E-state index contributed by atoms with van der Waals surface area (Å²) < 4.78 is 68.5. The Morgan fingerprint density at radius 2 is 1.76 bits per heavy atom. The molecule has 1 aliphatic heterocycles. The number of anilines is 1. The highest BCUT2D eigenvalue weighted by Crippen LogP contribution is 2.39. The van der Waals surface area contributed by atoms with Crippen molar-refractivity contribution in [3.63, 3.8) is 0 Å². The summed E-state index contributed by atoms with van der Waals surface area (Å²) in [5.74, 6) is 0.637. The molecular formula is C28H33F3N4O2S. The Morgan fingerprint density at radius 3 is 2.42 bits per heavy atom. The molecule has 1 saturated carbocycles. The van der Waals surface area contributed by atoms with Gasteiger partial charge in [-0.2, -0.15) is 17.5 Å². The van der Waals surface area contributed by atoms with Gasteiger partial charge in [0.15, 0.2) is 0 Å². The van der Waals surface area contributed by atoms with Crippen molar-refractivity contribution >= 4 is 15.7 Å². The second-order valence-electron chi connectivity index (χ2n) is 10.4. The van der Waals surface area contributed by atoms with Crippen molar-refractivity contribution in [2.75, 3.05) is 11.4 Å². The van der Waals surface area contributed by atoms with Gasteiger partial charge in [-0.05, 0) is 61.6 Å². The Kier molecular flexibility index (Phi) is 7.55. The van der Waals surface area contributed by atoms with Crippen LogP contribution in [0.15, 0.2) is 66.0 Å². The number of hydrogen-bond donors (Lipinski definition) is 1. The van der Waals surface area contributed by atoms with Crippen molar-refractivity contribution in [2.24, 2.45) is 5.92 Å². The number of alkyl halides is 3. The van der Waals surface area contributed by atoms with Gasteiger partial charge in [0.2, 0.25) is 10.0 Å². The van der Waals surface area contributed by atoms with Gasteiger partial charge in [-0.3, -0.25) is 0 Å². The molecule has 204 valence electrons. The van der Waals surface area contributed by atoms with E-state index in [9.17, 15) is 21.6 Å². The number of nitrogens with one attached hydrogen (secondary N) is 1. The van der Waals surface area contributed by atoms with Gasteiger partial charge in [-0.15, -0.1) is 0 Å². The van der Waals surface area contributed by atoms with Crippen LogP contribution in [0.2, 0.25) is 0 Å². The summed E-state index contributed by atoms with van der Waals surface area (Å²) in [5.41, 5.74) is 1.89. The molecular weight excluding hydrogens is 513 g/mol. The first-order valence-corrected chi connectivity index (χ1v) is 14.6. The van der Waals surface area contributed by atoms with Crippen molar-refractivity contribution in [1.82, 2.24) is 14.3 Å². The largest absolute Gasteiger partial charge is 0.416 e. The zero-order valence-electron chi connectivity index (χ0n) is 21.4. The van der Waals surface area contributed by atoms with Gasteiger partial charge >= 0.3 is 6.18 Å². The van der Waals surface area contributed by atoms with E-state index < -0.39 is 21.8 Å². The van der Waals surface area contributed by atoms with Crippen LogP contribution < -0.4 is 4.90 Å². The number of fused-ring (bicyclic) bond motifs is 1. The number of halogens is 3. The average molecular weight is 547 g/mol. The van der Waals surface area contributed by atoms with Gasteiger partial charge in [0.05, 0.1) is 34.7 Å². The summed E-state index contributed by atoms with van der Waals surface area (Å²) in [6.07, 6.45) is 5.61. The second kappa shape index (κ2) is 10.7. The minimum absolute atomic E-state index is 0.0825. The minimum atomic E-state index is -4.53. The number of hydrogen-bond acceptors (Lipinski definition) is 4. The third-order valence-corrected chi connectivity index (χ3v) is 9.84. The smallest absolute Gasteiger partial charge is 0.359 e. The van der Waals surface area contributed by atoms with E-state index in [0.717, 1.165) is 54.1 Å². The fourth-order valence-electron chi connectivity index (χ4n) is 5.95. The Balaban J connectivity index is 1.52. The molecule has 0 saturated heterocycles. The molecule has 0 bridgehead atoms. The number of rotatable bonds is 7. The Hall–Kier alpha value is -2.85. The molecule has 5 rings (SSSR count). The predicted molar refractivity (Wildman–Crippen MR) is 140 cm³/mol. The molecule has 1 aromatic heterocycles. The number of benzene rings is 2. The lowest BCUT2D eigenvalue weighted by Crippen LogP contribution is -2.45. The molecule has 2 aromatic carbocycles. The van der Waals surface area contributed by atoms with E-state index in [0.29, 0.717) is 5.92 Å². The third kappa shape index (κ3) is 5.47. The predicted octanol–water partition coefficient (Wildman–Crippen LogP) is 6.54. The molecule has 1 aliphatic carbocycles. The van der Waals surface area contributed by atoms with Crippen molar-refractivity contribution in [2.45, 2.75) is 75.1 Å². The van der Waals surface area contributed by atoms with Crippen molar-refractivity contribution in [3.8, 4) is 0 Å². The number of H-pyrrole nitrogens is 1. The van der Waals surface area contributed by atoms with E-state index in [1.807, 2.05) is 24.3 Å². The summed E-state index contributed by atoms with van der Waals surface area (Å²) in [4.78, 5) is 9.59. The van der Waals surface area contributed by atoms with E-state index in [4.69, 9.17) is 0 Å². The molecule has 0 unspecified atom stereocenters. The number of para-hydroxylation sites is 1. The Labute approximate surface area is 221 Å². The maximum atomic E-state index is 13.8. The zero-order valence-corrected chi connectivity index (χ0v) is 22.2. The summed E-state index contributed by atoms with van der Waals surface area (Å²) in [7, 11) is -4.04. The fourth-order valence-corrected chi connectivity index (χ4v) is 7.40. The van der Waals surface area contributed by atoms with Crippen LogP contribution in [-0.2, 0) is 22.7 Å².